The first-order valence-electron chi connectivity index (χ1n) is 8.87. The van der Waals surface area contributed by atoms with Crippen LogP contribution in [-0.4, -0.2) is 37.9 Å². The Kier molecular flexibility index (Phi) is 7.30. The van der Waals surface area contributed by atoms with Gasteiger partial charge in [-0.25, -0.2) is 0 Å². The Morgan fingerprint density at radius 3 is 1.93 bits per heavy atom. The second-order valence-corrected chi connectivity index (χ2v) is 6.84. The van der Waals surface area contributed by atoms with Crippen LogP contribution in [0, 0.1) is 0 Å². The van der Waals surface area contributed by atoms with E-state index in [0.29, 0.717) is 18.7 Å². The van der Waals surface area contributed by atoms with E-state index >= 15 is 0 Å². The van der Waals surface area contributed by atoms with E-state index < -0.39 is 29.3 Å². The van der Waals surface area contributed by atoms with Crippen LogP contribution in [0.25, 0.3) is 6.08 Å². The van der Waals surface area contributed by atoms with Crippen LogP contribution in [0.15, 0.2) is 48.5 Å². The molecule has 1 N–H and O–H groups in total. The van der Waals surface area contributed by atoms with Gasteiger partial charge in [-0.05, 0) is 68.2 Å². The smallest absolute Gasteiger partial charge is 0.384 e. The molecule has 2 aromatic carbocycles. The molecule has 2 aromatic rings. The Bertz CT molecular complexity index is 867. The summed E-state index contributed by atoms with van der Waals surface area (Å²) >= 11 is 0. The summed E-state index contributed by atoms with van der Waals surface area (Å²) in [7, 11) is 3.86. The first-order valence-corrected chi connectivity index (χ1v) is 8.87. The zero-order valence-corrected chi connectivity index (χ0v) is 16.2. The maximum absolute atomic E-state index is 12.9. The standard InChI is InChI=1S/C21H20F6N2O/c1-29(2)10-9-28-18-6-4-15(5-7-18)19(30)8-3-14-11-16(20(22,23)24)13-17(12-14)21(25,26)27/h3-8,11-13,28H,9-10H2,1-2H3. The molecule has 0 heterocycles. The summed E-state index contributed by atoms with van der Waals surface area (Å²) in [5.74, 6) is -0.541. The van der Waals surface area contributed by atoms with Crippen LogP contribution >= 0.6 is 0 Å². The summed E-state index contributed by atoms with van der Waals surface area (Å²) in [6.07, 6.45) is -7.99. The molecule has 0 unspecified atom stereocenters. The van der Waals surface area contributed by atoms with Gasteiger partial charge in [0.1, 0.15) is 0 Å². The van der Waals surface area contributed by atoms with E-state index in [1.807, 2.05) is 19.0 Å². The van der Waals surface area contributed by atoms with Gasteiger partial charge >= 0.3 is 12.4 Å². The Balaban J connectivity index is 2.17. The molecule has 3 nitrogen and oxygen atoms in total. The fourth-order valence-electron chi connectivity index (χ4n) is 2.52. The summed E-state index contributed by atoms with van der Waals surface area (Å²) in [6, 6.07) is 7.57. The maximum Gasteiger partial charge on any atom is 0.416 e. The lowest BCUT2D eigenvalue weighted by molar-refractivity contribution is -0.143. The average Bonchev–Trinajstić information content (AvgIpc) is 2.65. The van der Waals surface area contributed by atoms with Gasteiger partial charge in [0, 0.05) is 24.3 Å². The molecule has 0 atom stereocenters. The first-order chi connectivity index (χ1) is 13.9. The van der Waals surface area contributed by atoms with Gasteiger partial charge in [-0.3, -0.25) is 4.79 Å². The van der Waals surface area contributed by atoms with Gasteiger partial charge in [-0.2, -0.15) is 26.3 Å². The largest absolute Gasteiger partial charge is 0.416 e. The second kappa shape index (κ2) is 9.34. The minimum atomic E-state index is -4.94. The molecule has 0 aliphatic rings. The molecule has 0 fully saturated rings. The Morgan fingerprint density at radius 2 is 1.47 bits per heavy atom. The Morgan fingerprint density at radius 1 is 0.933 bits per heavy atom. The Labute approximate surface area is 170 Å². The number of halogens is 6. The van der Waals surface area contributed by atoms with Crippen LogP contribution in [0.5, 0.6) is 0 Å². The molecule has 0 amide bonds. The predicted molar refractivity (Wildman–Crippen MR) is 103 cm³/mol. The molecule has 30 heavy (non-hydrogen) atoms. The van der Waals surface area contributed by atoms with Crippen molar-refractivity contribution in [2.45, 2.75) is 12.4 Å². The lowest BCUT2D eigenvalue weighted by atomic mass is 10.0. The summed E-state index contributed by atoms with van der Waals surface area (Å²) < 4.78 is 77.4. The summed E-state index contributed by atoms with van der Waals surface area (Å²) in [5.41, 5.74) is -2.19. The molecule has 0 saturated heterocycles. The first kappa shape index (κ1) is 23.5. The highest BCUT2D eigenvalue weighted by atomic mass is 19.4. The average molecular weight is 430 g/mol. The molecule has 162 valence electrons. The van der Waals surface area contributed by atoms with Crippen LogP contribution in [0.3, 0.4) is 0 Å². The minimum absolute atomic E-state index is 0.0428. The highest BCUT2D eigenvalue weighted by Crippen LogP contribution is 2.36. The van der Waals surface area contributed by atoms with Crippen molar-refractivity contribution in [2.24, 2.45) is 0 Å². The fourth-order valence-corrected chi connectivity index (χ4v) is 2.52. The number of allylic oxidation sites excluding steroid dienone is 1. The number of nitrogens with one attached hydrogen (secondary N) is 1. The molecule has 0 radical (unpaired) electrons. The third-order valence-corrected chi connectivity index (χ3v) is 4.09. The number of carbonyl (C=O) groups excluding carboxylic acids is 1. The molecule has 0 aliphatic carbocycles. The summed E-state index contributed by atoms with van der Waals surface area (Å²) in [4.78, 5) is 14.2. The molecule has 0 saturated carbocycles. The van der Waals surface area contributed by atoms with Crippen molar-refractivity contribution >= 4 is 17.5 Å². The minimum Gasteiger partial charge on any atom is -0.384 e. The molecule has 2 rings (SSSR count). The van der Waals surface area contributed by atoms with Crippen molar-refractivity contribution in [3.05, 3.63) is 70.8 Å². The third kappa shape index (κ3) is 6.91. The van der Waals surface area contributed by atoms with E-state index in [2.05, 4.69) is 5.32 Å². The van der Waals surface area contributed by atoms with Gasteiger partial charge in [0.05, 0.1) is 11.1 Å². The number of nitrogens with zero attached hydrogens (tertiary/aromatic N) is 1. The number of hydrogen-bond donors (Lipinski definition) is 1. The van der Waals surface area contributed by atoms with E-state index in [1.54, 1.807) is 12.1 Å². The lowest BCUT2D eigenvalue weighted by Crippen LogP contribution is -2.20. The topological polar surface area (TPSA) is 32.3 Å². The zero-order chi connectivity index (χ0) is 22.5. The number of rotatable bonds is 7. The van der Waals surface area contributed by atoms with Gasteiger partial charge in [0.2, 0.25) is 0 Å². The monoisotopic (exact) mass is 430 g/mol. The van der Waals surface area contributed by atoms with Crippen LogP contribution < -0.4 is 5.32 Å². The number of anilines is 1. The normalized spacial score (nSPS) is 12.6. The predicted octanol–water partition coefficient (Wildman–Crippen LogP) is 5.59. The van der Waals surface area contributed by atoms with Crippen molar-refractivity contribution in [2.75, 3.05) is 32.5 Å². The van der Waals surface area contributed by atoms with E-state index in [9.17, 15) is 31.1 Å². The van der Waals surface area contributed by atoms with Gasteiger partial charge in [0.25, 0.3) is 0 Å². The number of ketones is 1. The van der Waals surface area contributed by atoms with Gasteiger partial charge in [-0.1, -0.05) is 6.08 Å². The zero-order valence-electron chi connectivity index (χ0n) is 16.2. The number of benzene rings is 2. The maximum atomic E-state index is 12.9. The van der Waals surface area contributed by atoms with Crippen molar-refractivity contribution in [1.29, 1.82) is 0 Å². The van der Waals surface area contributed by atoms with Crippen molar-refractivity contribution in [1.82, 2.24) is 4.90 Å². The molecule has 9 heteroatoms. The van der Waals surface area contributed by atoms with Gasteiger partial charge in [-0.15, -0.1) is 0 Å². The number of carbonyl (C=O) groups is 1. The second-order valence-electron chi connectivity index (χ2n) is 6.84. The molecule has 0 aromatic heterocycles. The van der Waals surface area contributed by atoms with Gasteiger partial charge in [0.15, 0.2) is 5.78 Å². The molecule has 0 bridgehead atoms. The van der Waals surface area contributed by atoms with E-state index in [0.717, 1.165) is 24.4 Å². The highest BCUT2D eigenvalue weighted by molar-refractivity contribution is 6.07. The van der Waals surface area contributed by atoms with Gasteiger partial charge < -0.3 is 10.2 Å². The molecule has 0 spiro atoms. The molecular formula is C21H20F6N2O. The number of likely N-dealkylation sites (N-methyl/N-ethyl adjacent to an activating group) is 1. The quantitative estimate of drug-likeness (QED) is 0.353. The van der Waals surface area contributed by atoms with E-state index in [1.165, 1.54) is 12.1 Å². The van der Waals surface area contributed by atoms with E-state index in [-0.39, 0.29) is 17.2 Å². The summed E-state index contributed by atoms with van der Waals surface area (Å²) in [6.45, 7) is 1.50. The fraction of sp³-hybridized carbons (Fsp3) is 0.286. The third-order valence-electron chi connectivity index (χ3n) is 4.09. The summed E-state index contributed by atoms with van der Waals surface area (Å²) in [5, 5.41) is 3.16. The van der Waals surface area contributed by atoms with Crippen LogP contribution in [-0.2, 0) is 12.4 Å². The van der Waals surface area contributed by atoms with Crippen LogP contribution in [0.1, 0.15) is 27.0 Å². The molecular weight excluding hydrogens is 410 g/mol. The number of alkyl halides is 6. The van der Waals surface area contributed by atoms with E-state index in [4.69, 9.17) is 0 Å². The highest BCUT2D eigenvalue weighted by Gasteiger charge is 2.36. The molecule has 0 aliphatic heterocycles. The van der Waals surface area contributed by atoms with Crippen molar-refractivity contribution < 1.29 is 31.1 Å². The van der Waals surface area contributed by atoms with Crippen molar-refractivity contribution in [3.8, 4) is 0 Å². The van der Waals surface area contributed by atoms with Crippen molar-refractivity contribution in [3.63, 3.8) is 0 Å². The number of hydrogen-bond acceptors (Lipinski definition) is 3. The lowest BCUT2D eigenvalue weighted by Gasteiger charge is -2.13. The Hall–Kier alpha value is -2.81. The van der Waals surface area contributed by atoms with Crippen LogP contribution in [0.2, 0.25) is 0 Å². The van der Waals surface area contributed by atoms with Crippen LogP contribution in [0.4, 0.5) is 32.0 Å². The SMILES string of the molecule is CN(C)CCNc1ccc(C(=O)C=Cc2cc(C(F)(F)F)cc(C(F)(F)F)c2)cc1.